The van der Waals surface area contributed by atoms with E-state index in [9.17, 15) is 14.4 Å². The topological polar surface area (TPSA) is 334 Å². The number of benzene rings is 3. The van der Waals surface area contributed by atoms with Crippen LogP contribution in [0.15, 0.2) is 142 Å². The number of nitrogens with two attached hydrogens (primary N) is 3. The van der Waals surface area contributed by atoms with E-state index >= 15 is 0 Å². The molecule has 0 bridgehead atoms. The lowest BCUT2D eigenvalue weighted by molar-refractivity contribution is -0.116. The van der Waals surface area contributed by atoms with Crippen molar-refractivity contribution in [1.82, 2.24) is 58.6 Å². The Morgan fingerprint density at radius 2 is 0.750 bits per heavy atom. The van der Waals surface area contributed by atoms with Crippen LogP contribution in [0.4, 0.5) is 35.1 Å². The minimum absolute atomic E-state index is 0.0169. The number of rotatable bonds is 15. The lowest BCUT2D eigenvalue weighted by Gasteiger charge is -2.12. The third-order valence-corrected chi connectivity index (χ3v) is 15.3. The molecule has 0 aliphatic carbocycles. The van der Waals surface area contributed by atoms with Crippen molar-refractivity contribution in [1.29, 1.82) is 0 Å². The van der Waals surface area contributed by atoms with Crippen molar-refractivity contribution in [3.63, 3.8) is 0 Å². The number of amides is 3. The smallest absolute Gasteiger partial charge is 0.231 e. The maximum Gasteiger partial charge on any atom is 0.231 e. The molecule has 498 valence electrons. The van der Waals surface area contributed by atoms with E-state index in [1.807, 2.05) is 121 Å². The van der Waals surface area contributed by atoms with E-state index < -0.39 is 43.2 Å². The number of nitrogen functional groups attached to an aromatic ring is 3. The number of nitrogens with one attached hydrogen (secondary N) is 3. The molecule has 9 heterocycles. The van der Waals surface area contributed by atoms with E-state index in [2.05, 4.69) is 60.2 Å². The van der Waals surface area contributed by atoms with E-state index in [1.54, 1.807) is 70.7 Å². The average Bonchev–Trinajstić information content (AvgIpc) is 1.32. The van der Waals surface area contributed by atoms with E-state index in [0.29, 0.717) is 57.1 Å². The Labute approximate surface area is 571 Å². The van der Waals surface area contributed by atoms with Crippen molar-refractivity contribution in [3.8, 4) is 33.8 Å². The molecule has 0 saturated heterocycles. The monoisotopic (exact) mass is 1310 g/mol. The summed E-state index contributed by atoms with van der Waals surface area (Å²) in [5.74, 6) is 2.21. The quantitative estimate of drug-likeness (QED) is 0.0555. The van der Waals surface area contributed by atoms with E-state index in [0.717, 1.165) is 69.4 Å². The molecule has 3 aromatic carbocycles. The number of aromatic nitrogens is 12. The molecule has 0 unspecified atom stereocenters. The fraction of sp³-hybridized carbons (Fsp3) is 0.333. The highest BCUT2D eigenvalue weighted by Crippen LogP contribution is 2.35. The lowest BCUT2D eigenvalue weighted by atomic mass is 9.92. The van der Waals surface area contributed by atoms with E-state index in [1.165, 1.54) is 6.07 Å². The second kappa shape index (κ2) is 27.5. The Morgan fingerprint density at radius 3 is 1.04 bits per heavy atom. The van der Waals surface area contributed by atoms with Crippen LogP contribution in [0.1, 0.15) is 186 Å². The molecule has 0 spiro atoms. The van der Waals surface area contributed by atoms with Gasteiger partial charge in [0.25, 0.3) is 0 Å². The van der Waals surface area contributed by atoms with Crippen LogP contribution in [0.2, 0.25) is 0 Å². The fourth-order valence-electron chi connectivity index (χ4n) is 10.3. The van der Waals surface area contributed by atoms with Crippen LogP contribution in [0.5, 0.6) is 0 Å². The van der Waals surface area contributed by atoms with Crippen molar-refractivity contribution in [3.05, 3.63) is 179 Å². The van der Waals surface area contributed by atoms with Crippen LogP contribution in [-0.2, 0) is 49.9 Å². The SMILES string of the molecule is [2H]C(C)(C)c1nc(-c2ccc(CC(=O)Nc3cc(C(C)(C)C)no3)cc2)c2c(N)nccn12.[2H]C([2H])([2H])C(C)(C)c1cc(NC(=O)Cc2ccc(-c3nc(C(C)C)n4ccnc(N)c34)cc2)on1.[2H]C([2H])([2H])C(C)(c1cc(NC(=O)Cc2ccc(-c3nc(C(C)C)n4ccnc(N)c34)cc2)on1)C([2H])([2H])[2H]. The first-order valence-electron chi connectivity index (χ1n) is 35.9. The van der Waals surface area contributed by atoms with Gasteiger partial charge in [-0.2, -0.15) is 0 Å². The first kappa shape index (κ1) is 55.4. The zero-order chi connectivity index (χ0) is 77.6. The predicted molar refractivity (Wildman–Crippen MR) is 373 cm³/mol. The maximum absolute atomic E-state index is 12.6. The summed E-state index contributed by atoms with van der Waals surface area (Å²) < 4.78 is 98.9. The summed E-state index contributed by atoms with van der Waals surface area (Å²) in [5.41, 5.74) is 24.6. The molecule has 12 rings (SSSR count). The van der Waals surface area contributed by atoms with Crippen molar-refractivity contribution in [2.45, 2.75) is 157 Å². The summed E-state index contributed by atoms with van der Waals surface area (Å²) in [4.78, 5) is 64.5. The van der Waals surface area contributed by atoms with Crippen LogP contribution in [0.3, 0.4) is 0 Å². The lowest BCUT2D eigenvalue weighted by Crippen LogP contribution is -2.14. The first-order valence-corrected chi connectivity index (χ1v) is 30.9. The van der Waals surface area contributed by atoms with Crippen LogP contribution in [0.25, 0.3) is 50.3 Å². The van der Waals surface area contributed by atoms with Crippen LogP contribution < -0.4 is 33.2 Å². The second-order valence-electron chi connectivity index (χ2n) is 25.8. The molecule has 0 saturated carbocycles. The number of carbonyl (C=O) groups is 3. The molecule has 9 aromatic heterocycles. The molecule has 12 aromatic rings. The number of hydrogen-bond donors (Lipinski definition) is 6. The Bertz CT molecular complexity index is 5160. The summed E-state index contributed by atoms with van der Waals surface area (Å²) in [7, 11) is 0. The zero-order valence-corrected chi connectivity index (χ0v) is 55.4. The normalized spacial score (nSPS) is 14.0. The van der Waals surface area contributed by atoms with Crippen molar-refractivity contribution < 1.29 is 41.7 Å². The van der Waals surface area contributed by atoms with Gasteiger partial charge in [-0.1, -0.05) is 192 Å². The van der Waals surface area contributed by atoms with Gasteiger partial charge in [0.15, 0.2) is 0 Å². The molecule has 0 radical (unpaired) electrons. The number of anilines is 6. The summed E-state index contributed by atoms with van der Waals surface area (Å²) in [6.07, 6.45) is 10.6. The molecule has 24 nitrogen and oxygen atoms in total. The Balaban J connectivity index is 0.000000171. The van der Waals surface area contributed by atoms with Gasteiger partial charge >= 0.3 is 0 Å². The minimum Gasteiger partial charge on any atom is -0.382 e. The van der Waals surface area contributed by atoms with Crippen molar-refractivity contribution in [2.24, 2.45) is 0 Å². The number of fused-ring (bicyclic) bond motifs is 3. The Hall–Kier alpha value is -11.0. The highest BCUT2D eigenvalue weighted by atomic mass is 16.5. The molecule has 0 aliphatic heterocycles. The average molecular weight is 1310 g/mol. The largest absolute Gasteiger partial charge is 0.382 e. The summed E-state index contributed by atoms with van der Waals surface area (Å²) in [6, 6.07) is 26.6. The first-order chi connectivity index (χ1) is 49.4. The van der Waals surface area contributed by atoms with Gasteiger partial charge < -0.3 is 30.8 Å². The third-order valence-electron chi connectivity index (χ3n) is 15.3. The highest BCUT2D eigenvalue weighted by Gasteiger charge is 2.25. The van der Waals surface area contributed by atoms with Gasteiger partial charge in [-0.3, -0.25) is 43.5 Å². The Kier molecular flexibility index (Phi) is 15.9. The standard InChI is InChI=1S/3C24H28N6O2/c3*1-14(2)23-28-20(21-22(25)26-10-11-30(21)23)16-8-6-15(7-9-16)12-18(31)27-19-13-17(29-32-19)24(3,4)5/h3*6-11,13-14H,12H2,1-5H3,(H2,25,26)(H,27,31)/i3D3,4D3;14D;3D3. The predicted octanol–water partition coefficient (Wildman–Crippen LogP) is 13.7. The molecule has 9 N–H and O–H groups in total. The van der Waals surface area contributed by atoms with Gasteiger partial charge in [0, 0.05) is 120 Å². The van der Waals surface area contributed by atoms with Crippen LogP contribution in [-0.4, -0.2) is 76.3 Å². The van der Waals surface area contributed by atoms with Crippen LogP contribution >= 0.6 is 0 Å². The van der Waals surface area contributed by atoms with Gasteiger partial charge in [0.2, 0.25) is 35.4 Å². The number of imidazole rings is 3. The molecule has 96 heavy (non-hydrogen) atoms. The van der Waals surface area contributed by atoms with Gasteiger partial charge in [0.1, 0.15) is 68.6 Å². The molecular formula is C72H84N18O6. The fourth-order valence-corrected chi connectivity index (χ4v) is 10.3. The van der Waals surface area contributed by atoms with Crippen LogP contribution in [0, 0.1) is 0 Å². The summed E-state index contributed by atoms with van der Waals surface area (Å²) >= 11 is 0. The zero-order valence-electron chi connectivity index (χ0n) is 65.4. The van der Waals surface area contributed by atoms with Gasteiger partial charge in [-0.15, -0.1) is 0 Å². The molecule has 0 atom stereocenters. The van der Waals surface area contributed by atoms with Crippen molar-refractivity contribution in [2.75, 3.05) is 33.2 Å². The highest BCUT2D eigenvalue weighted by molar-refractivity contribution is 5.93. The molecular weight excluding hydrogens is 1210 g/mol. The summed E-state index contributed by atoms with van der Waals surface area (Å²) in [6.45, 7) is 14.0. The number of hydrogen-bond acceptors (Lipinski definition) is 18. The maximum atomic E-state index is 12.6. The third kappa shape index (κ3) is 15.4. The van der Waals surface area contributed by atoms with E-state index in [4.69, 9.17) is 59.4 Å². The summed E-state index contributed by atoms with van der Waals surface area (Å²) in [5, 5.41) is 19.4. The Morgan fingerprint density at radius 1 is 0.458 bits per heavy atom. The second-order valence-corrected chi connectivity index (χ2v) is 25.8. The molecule has 24 heteroatoms. The molecule has 3 amide bonds. The number of nitrogens with zero attached hydrogens (tertiary/aromatic N) is 12. The van der Waals surface area contributed by atoms with Crippen molar-refractivity contribution >= 4 is 69.4 Å². The number of carbonyl (C=O) groups excluding carboxylic acids is 3. The molecule has 0 fully saturated rings. The minimum atomic E-state index is -2.88. The van der Waals surface area contributed by atoms with E-state index in [-0.39, 0.29) is 71.5 Å². The van der Waals surface area contributed by atoms with Gasteiger partial charge in [-0.25, -0.2) is 29.9 Å². The van der Waals surface area contributed by atoms with Gasteiger partial charge in [0.05, 0.1) is 36.3 Å². The molecule has 0 aliphatic rings. The van der Waals surface area contributed by atoms with Gasteiger partial charge in [-0.05, 0) is 16.7 Å².